The van der Waals surface area contributed by atoms with Crippen molar-refractivity contribution in [2.24, 2.45) is 11.1 Å². The summed E-state index contributed by atoms with van der Waals surface area (Å²) >= 11 is 5.83. The number of hydrogen-bond donors (Lipinski definition) is 3. The molecule has 1 atom stereocenters. The summed E-state index contributed by atoms with van der Waals surface area (Å²) < 4.78 is 0. The normalized spacial score (nSPS) is 13.7. The molecule has 0 saturated heterocycles. The van der Waals surface area contributed by atoms with Crippen LogP contribution in [0.2, 0.25) is 5.02 Å². The highest BCUT2D eigenvalue weighted by Gasteiger charge is 2.29. The molecule has 104 valence electrons. The van der Waals surface area contributed by atoms with Gasteiger partial charge in [0.05, 0.1) is 16.0 Å². The van der Waals surface area contributed by atoms with Crippen LogP contribution in [0.1, 0.15) is 30.6 Å². The first-order valence-corrected chi connectivity index (χ1v) is 6.26. The van der Waals surface area contributed by atoms with Crippen molar-refractivity contribution in [3.05, 3.63) is 28.8 Å². The molecule has 1 amide bonds. The van der Waals surface area contributed by atoms with Crippen molar-refractivity contribution in [1.29, 1.82) is 0 Å². The van der Waals surface area contributed by atoms with Crippen LogP contribution in [0, 0.1) is 5.41 Å². The third-order valence-electron chi connectivity index (χ3n) is 3.24. The van der Waals surface area contributed by atoms with Crippen molar-refractivity contribution in [2.45, 2.75) is 20.3 Å². The van der Waals surface area contributed by atoms with Crippen LogP contribution < -0.4 is 11.1 Å². The second-order valence-electron chi connectivity index (χ2n) is 4.57. The van der Waals surface area contributed by atoms with Gasteiger partial charge in [-0.15, -0.1) is 0 Å². The summed E-state index contributed by atoms with van der Waals surface area (Å²) in [5.74, 6) is -1.32. The van der Waals surface area contributed by atoms with Crippen LogP contribution >= 0.6 is 11.6 Å². The van der Waals surface area contributed by atoms with E-state index in [1.54, 1.807) is 6.92 Å². The molecule has 0 bridgehead atoms. The van der Waals surface area contributed by atoms with E-state index in [0.29, 0.717) is 12.1 Å². The summed E-state index contributed by atoms with van der Waals surface area (Å²) in [7, 11) is 0. The number of amides is 1. The fourth-order valence-corrected chi connectivity index (χ4v) is 1.71. The van der Waals surface area contributed by atoms with Crippen molar-refractivity contribution in [3.8, 4) is 0 Å². The average molecular weight is 285 g/mol. The largest absolute Gasteiger partial charge is 0.478 e. The van der Waals surface area contributed by atoms with Gasteiger partial charge in [0.1, 0.15) is 0 Å². The van der Waals surface area contributed by atoms with Gasteiger partial charge >= 0.3 is 5.97 Å². The summed E-state index contributed by atoms with van der Waals surface area (Å²) in [5.41, 5.74) is 5.40. The van der Waals surface area contributed by atoms with Gasteiger partial charge in [-0.3, -0.25) is 4.79 Å². The number of carboxylic acids is 1. The first-order valence-electron chi connectivity index (χ1n) is 5.88. The molecule has 0 aliphatic rings. The Hall–Kier alpha value is -1.59. The molecule has 1 aromatic carbocycles. The zero-order valence-corrected chi connectivity index (χ0v) is 11.6. The number of carbonyl (C=O) groups is 2. The first kappa shape index (κ1) is 15.5. The molecule has 0 fully saturated rings. The molecule has 0 aromatic heterocycles. The molecule has 0 saturated carbocycles. The first-order chi connectivity index (χ1) is 8.84. The van der Waals surface area contributed by atoms with Gasteiger partial charge in [0.15, 0.2) is 0 Å². The van der Waals surface area contributed by atoms with Crippen LogP contribution in [0.15, 0.2) is 18.2 Å². The van der Waals surface area contributed by atoms with Gasteiger partial charge in [-0.25, -0.2) is 4.79 Å². The zero-order valence-electron chi connectivity index (χ0n) is 10.9. The molecule has 0 spiro atoms. The summed E-state index contributed by atoms with van der Waals surface area (Å²) in [4.78, 5) is 22.9. The SMILES string of the molecule is CCC(C)(CN)C(=O)Nc1ccc(C(=O)O)c(Cl)c1. The molecule has 1 rings (SSSR count). The topological polar surface area (TPSA) is 92.4 Å². The zero-order chi connectivity index (χ0) is 14.6. The third kappa shape index (κ3) is 3.45. The monoisotopic (exact) mass is 284 g/mol. The van der Waals surface area contributed by atoms with Crippen LogP contribution in [0.5, 0.6) is 0 Å². The fourth-order valence-electron chi connectivity index (χ4n) is 1.45. The number of anilines is 1. The molecule has 4 N–H and O–H groups in total. The Morgan fingerprint density at radius 1 is 1.47 bits per heavy atom. The van der Waals surface area contributed by atoms with Crippen LogP contribution in [0.3, 0.4) is 0 Å². The van der Waals surface area contributed by atoms with E-state index in [4.69, 9.17) is 22.4 Å². The predicted molar refractivity (Wildman–Crippen MR) is 74.5 cm³/mol. The summed E-state index contributed by atoms with van der Waals surface area (Å²) in [6, 6.07) is 4.27. The van der Waals surface area contributed by atoms with Crippen LogP contribution in [-0.4, -0.2) is 23.5 Å². The number of rotatable bonds is 5. The molecule has 0 radical (unpaired) electrons. The molecule has 1 aromatic rings. The Morgan fingerprint density at radius 2 is 2.11 bits per heavy atom. The number of hydrogen-bond acceptors (Lipinski definition) is 3. The highest BCUT2D eigenvalue weighted by molar-refractivity contribution is 6.33. The van der Waals surface area contributed by atoms with E-state index in [1.807, 2.05) is 6.92 Å². The Bertz CT molecular complexity index is 499. The Morgan fingerprint density at radius 3 is 2.53 bits per heavy atom. The van der Waals surface area contributed by atoms with Crippen molar-refractivity contribution in [3.63, 3.8) is 0 Å². The van der Waals surface area contributed by atoms with Crippen molar-refractivity contribution >= 4 is 29.2 Å². The third-order valence-corrected chi connectivity index (χ3v) is 3.55. The quantitative estimate of drug-likeness (QED) is 0.774. The highest BCUT2D eigenvalue weighted by atomic mass is 35.5. The lowest BCUT2D eigenvalue weighted by Gasteiger charge is -2.25. The van der Waals surface area contributed by atoms with Gasteiger partial charge in [-0.05, 0) is 31.5 Å². The van der Waals surface area contributed by atoms with Gasteiger partial charge in [0, 0.05) is 12.2 Å². The number of aromatic carboxylic acids is 1. The van der Waals surface area contributed by atoms with E-state index in [9.17, 15) is 9.59 Å². The number of benzene rings is 1. The number of carbonyl (C=O) groups excluding carboxylic acids is 1. The Kier molecular flexibility index (Phi) is 4.91. The molecular formula is C13H17ClN2O3. The van der Waals surface area contributed by atoms with E-state index < -0.39 is 11.4 Å². The van der Waals surface area contributed by atoms with E-state index in [-0.39, 0.29) is 23.0 Å². The minimum Gasteiger partial charge on any atom is -0.478 e. The standard InChI is InChI=1S/C13H17ClN2O3/c1-3-13(2,7-15)12(19)16-8-4-5-9(11(17)18)10(14)6-8/h4-6H,3,7,15H2,1-2H3,(H,16,19)(H,17,18). The second kappa shape index (κ2) is 6.04. The minimum atomic E-state index is -1.11. The molecule has 19 heavy (non-hydrogen) atoms. The summed E-state index contributed by atoms with van der Waals surface area (Å²) in [5, 5.41) is 11.6. The van der Waals surface area contributed by atoms with Crippen LogP contribution in [0.25, 0.3) is 0 Å². The maximum Gasteiger partial charge on any atom is 0.337 e. The molecule has 0 aliphatic heterocycles. The molecular weight excluding hydrogens is 268 g/mol. The maximum absolute atomic E-state index is 12.1. The number of nitrogens with one attached hydrogen (secondary N) is 1. The van der Waals surface area contributed by atoms with Crippen molar-refractivity contribution < 1.29 is 14.7 Å². The van der Waals surface area contributed by atoms with Crippen LogP contribution in [-0.2, 0) is 4.79 Å². The Labute approximate surface area is 116 Å². The van der Waals surface area contributed by atoms with E-state index in [0.717, 1.165) is 0 Å². The minimum absolute atomic E-state index is 0.00302. The molecule has 6 heteroatoms. The van der Waals surface area contributed by atoms with E-state index in [2.05, 4.69) is 5.32 Å². The van der Waals surface area contributed by atoms with Crippen molar-refractivity contribution in [1.82, 2.24) is 0 Å². The summed E-state index contributed by atoms with van der Waals surface area (Å²) in [6.45, 7) is 3.89. The molecule has 0 aliphatic carbocycles. The van der Waals surface area contributed by atoms with Gasteiger partial charge in [0.25, 0.3) is 0 Å². The molecule has 1 unspecified atom stereocenters. The second-order valence-corrected chi connectivity index (χ2v) is 4.98. The van der Waals surface area contributed by atoms with Crippen molar-refractivity contribution in [2.75, 3.05) is 11.9 Å². The number of nitrogens with two attached hydrogens (primary N) is 1. The predicted octanol–water partition coefficient (Wildman–Crippen LogP) is 2.35. The Balaban J connectivity index is 2.92. The van der Waals surface area contributed by atoms with E-state index >= 15 is 0 Å². The van der Waals surface area contributed by atoms with Gasteiger partial charge < -0.3 is 16.2 Å². The van der Waals surface area contributed by atoms with Gasteiger partial charge in [0.2, 0.25) is 5.91 Å². The lowest BCUT2D eigenvalue weighted by Crippen LogP contribution is -2.39. The molecule has 5 nitrogen and oxygen atoms in total. The van der Waals surface area contributed by atoms with Crippen LogP contribution in [0.4, 0.5) is 5.69 Å². The lowest BCUT2D eigenvalue weighted by molar-refractivity contribution is -0.124. The van der Waals surface area contributed by atoms with E-state index in [1.165, 1.54) is 18.2 Å². The molecule has 0 heterocycles. The maximum atomic E-state index is 12.1. The van der Waals surface area contributed by atoms with Gasteiger partial charge in [-0.1, -0.05) is 18.5 Å². The highest BCUT2D eigenvalue weighted by Crippen LogP contribution is 2.25. The number of carboxylic acid groups (broad SMARTS) is 1. The summed E-state index contributed by atoms with van der Waals surface area (Å²) in [6.07, 6.45) is 0.607. The van der Waals surface area contributed by atoms with Gasteiger partial charge in [-0.2, -0.15) is 0 Å². The fraction of sp³-hybridized carbons (Fsp3) is 0.385. The number of halogens is 1. The average Bonchev–Trinajstić information content (AvgIpc) is 2.37. The smallest absolute Gasteiger partial charge is 0.337 e. The lowest BCUT2D eigenvalue weighted by atomic mass is 9.86.